The summed E-state index contributed by atoms with van der Waals surface area (Å²) in [6.07, 6.45) is -0.985. The third-order valence-electron chi connectivity index (χ3n) is 1.97. The van der Waals surface area contributed by atoms with Crippen LogP contribution in [0.25, 0.3) is 0 Å². The van der Waals surface area contributed by atoms with Gasteiger partial charge in [-0.25, -0.2) is 8.78 Å². The van der Waals surface area contributed by atoms with E-state index in [1.807, 2.05) is 6.92 Å². The number of nitrogens with one attached hydrogen (secondary N) is 1. The second-order valence-corrected chi connectivity index (χ2v) is 4.00. The first-order valence-corrected chi connectivity index (χ1v) is 5.82. The molecule has 0 radical (unpaired) electrons. The van der Waals surface area contributed by atoms with Gasteiger partial charge in [0.1, 0.15) is 6.61 Å². The first-order valence-electron chi connectivity index (χ1n) is 5.42. The molecular weight excluding hydrogens is 250 g/mol. The summed E-state index contributed by atoms with van der Waals surface area (Å²) in [6, 6.07) is -0.336. The maximum Gasteiger partial charge on any atom is 0.261 e. The molecule has 1 unspecified atom stereocenters. The van der Waals surface area contributed by atoms with Gasteiger partial charge in [-0.1, -0.05) is 25.6 Å². The van der Waals surface area contributed by atoms with E-state index in [0.29, 0.717) is 6.42 Å². The van der Waals surface area contributed by atoms with Crippen LogP contribution in [-0.4, -0.2) is 36.6 Å². The molecule has 100 valence electrons. The van der Waals surface area contributed by atoms with Crippen LogP contribution in [0.4, 0.5) is 8.78 Å². The highest BCUT2D eigenvalue weighted by Gasteiger charge is 2.13. The summed E-state index contributed by atoms with van der Waals surface area (Å²) < 4.78 is 28.0. The summed E-state index contributed by atoms with van der Waals surface area (Å²) in [6.45, 7) is 1.26. The molecular formula is C10H18F2N2O2S. The summed E-state index contributed by atoms with van der Waals surface area (Å²) in [4.78, 5) is 11.6. The van der Waals surface area contributed by atoms with E-state index in [2.05, 4.69) is 10.1 Å². The molecule has 0 saturated heterocycles. The normalized spacial score (nSPS) is 12.5. The summed E-state index contributed by atoms with van der Waals surface area (Å²) in [7, 11) is 0. The number of hydrogen-bond acceptors (Lipinski definition) is 3. The lowest BCUT2D eigenvalue weighted by Crippen LogP contribution is -2.43. The number of carbonyl (C=O) groups excluding carboxylic acids is 1. The Morgan fingerprint density at radius 3 is 2.65 bits per heavy atom. The molecule has 7 heteroatoms. The van der Waals surface area contributed by atoms with Gasteiger partial charge in [0.05, 0.1) is 17.6 Å². The number of nitrogens with two attached hydrogens (primary N) is 1. The molecule has 0 aliphatic rings. The molecule has 0 saturated carbocycles. The predicted octanol–water partition coefficient (Wildman–Crippen LogP) is 1.23. The summed E-state index contributed by atoms with van der Waals surface area (Å²) in [5.74, 6) is -0.300. The Kier molecular flexibility index (Phi) is 8.79. The van der Waals surface area contributed by atoms with Gasteiger partial charge in [0.25, 0.3) is 6.43 Å². The first kappa shape index (κ1) is 16.2. The Morgan fingerprint density at radius 1 is 1.53 bits per heavy atom. The Balaban J connectivity index is 3.78. The molecule has 1 atom stereocenters. The maximum absolute atomic E-state index is 11.7. The number of thiocarbonyl (C=S) groups is 1. The van der Waals surface area contributed by atoms with Gasteiger partial charge < -0.3 is 15.8 Å². The zero-order chi connectivity index (χ0) is 13.3. The molecule has 0 spiro atoms. The summed E-state index contributed by atoms with van der Waals surface area (Å²) in [5.41, 5.74) is 5.45. The average molecular weight is 268 g/mol. The minimum absolute atomic E-state index is 0.0234. The monoisotopic (exact) mass is 268 g/mol. The molecule has 0 rings (SSSR count). The number of alkyl halides is 2. The highest BCUT2D eigenvalue weighted by atomic mass is 32.1. The van der Waals surface area contributed by atoms with Crippen LogP contribution < -0.4 is 11.1 Å². The van der Waals surface area contributed by atoms with Gasteiger partial charge in [-0.15, -0.1) is 0 Å². The number of halogens is 2. The van der Waals surface area contributed by atoms with Crippen LogP contribution in [0.2, 0.25) is 0 Å². The van der Waals surface area contributed by atoms with Crippen LogP contribution in [0.1, 0.15) is 26.2 Å². The summed E-state index contributed by atoms with van der Waals surface area (Å²) in [5, 5.41) is 2.63. The van der Waals surface area contributed by atoms with E-state index in [4.69, 9.17) is 18.0 Å². The van der Waals surface area contributed by atoms with E-state index in [1.165, 1.54) is 0 Å². The lowest BCUT2D eigenvalue weighted by atomic mass is 10.1. The minimum atomic E-state index is -2.51. The van der Waals surface area contributed by atoms with Crippen LogP contribution in [0.15, 0.2) is 0 Å². The van der Waals surface area contributed by atoms with E-state index in [9.17, 15) is 13.6 Å². The molecule has 3 N–H and O–H groups in total. The molecule has 0 fully saturated rings. The van der Waals surface area contributed by atoms with Crippen LogP contribution in [-0.2, 0) is 9.53 Å². The topological polar surface area (TPSA) is 64.3 Å². The number of amides is 1. The first-order chi connectivity index (χ1) is 7.97. The van der Waals surface area contributed by atoms with Crippen molar-refractivity contribution in [1.29, 1.82) is 0 Å². The van der Waals surface area contributed by atoms with Crippen molar-refractivity contribution in [2.24, 2.45) is 5.73 Å². The Morgan fingerprint density at radius 2 is 2.18 bits per heavy atom. The van der Waals surface area contributed by atoms with E-state index in [1.54, 1.807) is 0 Å². The minimum Gasteiger partial charge on any atom is -0.392 e. The number of carbonyl (C=O) groups is 1. The van der Waals surface area contributed by atoms with E-state index in [-0.39, 0.29) is 30.0 Å². The van der Waals surface area contributed by atoms with E-state index < -0.39 is 13.0 Å². The SMILES string of the molecule is CCCC(NC(=O)CCOCC(F)F)C(N)=S. The lowest BCUT2D eigenvalue weighted by Gasteiger charge is -2.16. The van der Waals surface area contributed by atoms with Gasteiger partial charge in [0.2, 0.25) is 5.91 Å². The van der Waals surface area contributed by atoms with Crippen molar-refractivity contribution in [2.75, 3.05) is 13.2 Å². The highest BCUT2D eigenvalue weighted by molar-refractivity contribution is 7.80. The van der Waals surface area contributed by atoms with Crippen molar-refractivity contribution >= 4 is 23.1 Å². The molecule has 0 aliphatic heterocycles. The van der Waals surface area contributed by atoms with Gasteiger partial charge in [-0.05, 0) is 6.42 Å². The number of rotatable bonds is 9. The van der Waals surface area contributed by atoms with Crippen LogP contribution in [0.5, 0.6) is 0 Å². The van der Waals surface area contributed by atoms with Crippen molar-refractivity contribution in [1.82, 2.24) is 5.32 Å². The Labute approximate surface area is 105 Å². The fraction of sp³-hybridized carbons (Fsp3) is 0.800. The third-order valence-corrected chi connectivity index (χ3v) is 2.26. The molecule has 0 aromatic heterocycles. The molecule has 0 aromatic carbocycles. The number of hydrogen-bond donors (Lipinski definition) is 2. The predicted molar refractivity (Wildman–Crippen MR) is 65.1 cm³/mol. The van der Waals surface area contributed by atoms with E-state index in [0.717, 1.165) is 6.42 Å². The van der Waals surface area contributed by atoms with Crippen molar-refractivity contribution in [3.8, 4) is 0 Å². The van der Waals surface area contributed by atoms with Crippen molar-refractivity contribution < 1.29 is 18.3 Å². The lowest BCUT2D eigenvalue weighted by molar-refractivity contribution is -0.122. The Hall–Kier alpha value is -0.820. The smallest absolute Gasteiger partial charge is 0.261 e. The highest BCUT2D eigenvalue weighted by Crippen LogP contribution is 1.98. The fourth-order valence-corrected chi connectivity index (χ4v) is 1.35. The van der Waals surface area contributed by atoms with Crippen molar-refractivity contribution in [3.05, 3.63) is 0 Å². The molecule has 17 heavy (non-hydrogen) atoms. The van der Waals surface area contributed by atoms with Gasteiger partial charge in [0.15, 0.2) is 0 Å². The molecule has 1 amide bonds. The van der Waals surface area contributed by atoms with E-state index >= 15 is 0 Å². The zero-order valence-corrected chi connectivity index (χ0v) is 10.6. The molecule has 0 aliphatic carbocycles. The largest absolute Gasteiger partial charge is 0.392 e. The summed E-state index contributed by atoms with van der Waals surface area (Å²) >= 11 is 4.80. The zero-order valence-electron chi connectivity index (χ0n) is 9.75. The fourth-order valence-electron chi connectivity index (χ4n) is 1.18. The van der Waals surface area contributed by atoms with Gasteiger partial charge in [-0.3, -0.25) is 4.79 Å². The van der Waals surface area contributed by atoms with Gasteiger partial charge in [0, 0.05) is 6.42 Å². The van der Waals surface area contributed by atoms with Gasteiger partial charge in [-0.2, -0.15) is 0 Å². The second-order valence-electron chi connectivity index (χ2n) is 3.53. The molecule has 4 nitrogen and oxygen atoms in total. The molecule has 0 bridgehead atoms. The van der Waals surface area contributed by atoms with Gasteiger partial charge >= 0.3 is 0 Å². The maximum atomic E-state index is 11.7. The molecule has 0 aromatic rings. The van der Waals surface area contributed by atoms with Crippen molar-refractivity contribution in [3.63, 3.8) is 0 Å². The molecule has 0 heterocycles. The standard InChI is InChI=1S/C10H18F2N2O2S/c1-2-3-7(10(13)17)14-9(15)4-5-16-6-8(11)12/h7-8H,2-6H2,1H3,(H2,13,17)(H,14,15). The third kappa shape index (κ3) is 8.93. The quantitative estimate of drug-likeness (QED) is 0.487. The second kappa shape index (κ2) is 9.23. The van der Waals surface area contributed by atoms with Crippen LogP contribution in [0.3, 0.4) is 0 Å². The van der Waals surface area contributed by atoms with Crippen LogP contribution >= 0.6 is 12.2 Å². The Bertz CT molecular complexity index is 252. The number of ether oxygens (including phenoxy) is 1. The average Bonchev–Trinajstić information content (AvgIpc) is 2.23. The van der Waals surface area contributed by atoms with Crippen LogP contribution in [0, 0.1) is 0 Å². The van der Waals surface area contributed by atoms with Crippen molar-refractivity contribution in [2.45, 2.75) is 38.7 Å².